The lowest BCUT2D eigenvalue weighted by Gasteiger charge is -2.29. The van der Waals surface area contributed by atoms with Crippen LogP contribution in [0.5, 0.6) is 0 Å². The van der Waals surface area contributed by atoms with E-state index in [2.05, 4.69) is 4.18 Å². The van der Waals surface area contributed by atoms with Crippen molar-refractivity contribution in [3.63, 3.8) is 0 Å². The quantitative estimate of drug-likeness (QED) is 0.0922. The molecule has 0 spiro atoms. The zero-order valence-electron chi connectivity index (χ0n) is 32.2. The number of ketones is 1. The molecule has 3 rings (SSSR count). The van der Waals surface area contributed by atoms with E-state index in [9.17, 15) is 40.8 Å². The minimum Gasteiger partial charge on any atom is -0.459 e. The summed E-state index contributed by atoms with van der Waals surface area (Å²) in [6, 6.07) is 6.18. The van der Waals surface area contributed by atoms with Crippen LogP contribution >= 0.6 is 47.0 Å². The van der Waals surface area contributed by atoms with Gasteiger partial charge in [0.15, 0.2) is 4.08 Å². The molecule has 2 heterocycles. The molecule has 0 atom stereocenters. The molecule has 53 heavy (non-hydrogen) atoms. The molecular formula is C35H55F3O10S5. The number of rotatable bonds is 11. The Hall–Kier alpha value is -1.60. The molecule has 1 aromatic rings. The summed E-state index contributed by atoms with van der Waals surface area (Å²) in [5, 5.41) is 0. The number of thioether (sulfide) groups is 4. The summed E-state index contributed by atoms with van der Waals surface area (Å²) >= 11 is 6.38. The second-order valence-corrected chi connectivity index (χ2v) is 21.5. The van der Waals surface area contributed by atoms with E-state index in [-0.39, 0.29) is 33.4 Å². The average molecular weight is 853 g/mol. The molecule has 1 aromatic carbocycles. The van der Waals surface area contributed by atoms with Gasteiger partial charge in [-0.15, -0.1) is 47.0 Å². The number of benzene rings is 1. The van der Waals surface area contributed by atoms with E-state index >= 15 is 0 Å². The number of alkyl halides is 3. The maximum Gasteiger partial charge on any atom is 0.375 e. The van der Waals surface area contributed by atoms with Crippen molar-refractivity contribution >= 4 is 80.9 Å². The van der Waals surface area contributed by atoms with Crippen LogP contribution in [0.1, 0.15) is 80.7 Å². The molecule has 2 aliphatic heterocycles. The summed E-state index contributed by atoms with van der Waals surface area (Å²) in [6.45, 7) is 15.4. The number of hydrogen-bond donors (Lipinski definition) is 0. The van der Waals surface area contributed by atoms with Crippen LogP contribution in [0.3, 0.4) is 0 Å². The SMILES string of the molecule is CC(C)(C)OC(=O)C(=O)CCF.CC(C)(C)OC(=O)C1(CCF)SCCS1.CC(C)(C)OC(=O)C1SCCS1.Cc1ccc(S(=O)(=O)OCCF)cc1. The predicted molar refractivity (Wildman–Crippen MR) is 210 cm³/mol. The van der Waals surface area contributed by atoms with Crippen LogP contribution in [0.2, 0.25) is 0 Å². The summed E-state index contributed by atoms with van der Waals surface area (Å²) in [6.07, 6.45) is -0.147. The third kappa shape index (κ3) is 23.2. The Kier molecular flexibility index (Phi) is 23.4. The number of esters is 3. The predicted octanol–water partition coefficient (Wildman–Crippen LogP) is 7.92. The Labute approximate surface area is 330 Å². The summed E-state index contributed by atoms with van der Waals surface area (Å²) in [5.74, 6) is 1.79. The summed E-state index contributed by atoms with van der Waals surface area (Å²) in [4.78, 5) is 44.9. The highest BCUT2D eigenvalue weighted by Gasteiger charge is 2.45. The zero-order valence-corrected chi connectivity index (χ0v) is 36.3. The number of aryl methyl sites for hydroxylation is 1. The van der Waals surface area contributed by atoms with Crippen LogP contribution in [0.4, 0.5) is 13.2 Å². The molecule has 18 heteroatoms. The molecule has 306 valence electrons. The van der Waals surface area contributed by atoms with Gasteiger partial charge in [0.05, 0.1) is 24.9 Å². The van der Waals surface area contributed by atoms with Crippen molar-refractivity contribution in [3.8, 4) is 0 Å². The minimum atomic E-state index is -3.78. The van der Waals surface area contributed by atoms with Crippen molar-refractivity contribution in [2.45, 2.75) is 112 Å². The maximum absolute atomic E-state index is 12.4. The van der Waals surface area contributed by atoms with E-state index in [1.54, 1.807) is 56.4 Å². The Bertz CT molecular complexity index is 1380. The van der Waals surface area contributed by atoms with Gasteiger partial charge < -0.3 is 14.2 Å². The first-order valence-electron chi connectivity index (χ1n) is 16.7. The van der Waals surface area contributed by atoms with Crippen molar-refractivity contribution in [1.29, 1.82) is 0 Å². The van der Waals surface area contributed by atoms with Crippen LogP contribution in [-0.4, -0.2) is 107 Å². The number of carbonyl (C=O) groups excluding carboxylic acids is 4. The molecular weight excluding hydrogens is 798 g/mol. The molecule has 10 nitrogen and oxygen atoms in total. The number of halogens is 3. The molecule has 0 amide bonds. The third-order valence-electron chi connectivity index (χ3n) is 5.68. The smallest absolute Gasteiger partial charge is 0.375 e. The fraction of sp³-hybridized carbons (Fsp3) is 0.714. The van der Waals surface area contributed by atoms with Crippen molar-refractivity contribution in [2.75, 3.05) is 49.6 Å². The second-order valence-electron chi connectivity index (χ2n) is 14.1. The van der Waals surface area contributed by atoms with Gasteiger partial charge >= 0.3 is 17.9 Å². The fourth-order valence-corrected chi connectivity index (χ4v) is 9.92. The molecule has 2 aliphatic rings. The molecule has 0 bridgehead atoms. The summed E-state index contributed by atoms with van der Waals surface area (Å²) in [5.41, 5.74) is -0.581. The first-order chi connectivity index (χ1) is 24.3. The maximum atomic E-state index is 12.4. The van der Waals surface area contributed by atoms with E-state index in [0.29, 0.717) is 0 Å². The largest absolute Gasteiger partial charge is 0.459 e. The third-order valence-corrected chi connectivity index (χ3v) is 13.4. The highest BCUT2D eigenvalue weighted by Crippen LogP contribution is 2.48. The van der Waals surface area contributed by atoms with Crippen LogP contribution < -0.4 is 0 Å². The van der Waals surface area contributed by atoms with Gasteiger partial charge in [0.25, 0.3) is 10.1 Å². The molecule has 2 saturated heterocycles. The van der Waals surface area contributed by atoms with Gasteiger partial charge in [-0.2, -0.15) is 8.42 Å². The van der Waals surface area contributed by atoms with Crippen molar-refractivity contribution in [1.82, 2.24) is 0 Å². The first kappa shape index (κ1) is 51.4. The average Bonchev–Trinajstić information content (AvgIpc) is 3.73. The van der Waals surface area contributed by atoms with Crippen molar-refractivity contribution < 1.29 is 59.2 Å². The van der Waals surface area contributed by atoms with E-state index in [1.807, 2.05) is 48.5 Å². The Morgan fingerprint density at radius 2 is 1.23 bits per heavy atom. The van der Waals surface area contributed by atoms with Gasteiger partial charge in [-0.25, -0.2) is 18.8 Å². The van der Waals surface area contributed by atoms with Crippen LogP contribution in [0.25, 0.3) is 0 Å². The molecule has 2 fully saturated rings. The van der Waals surface area contributed by atoms with Gasteiger partial charge in [-0.1, -0.05) is 17.7 Å². The topological polar surface area (TPSA) is 139 Å². The highest BCUT2D eigenvalue weighted by molar-refractivity contribution is 8.22. The molecule has 0 radical (unpaired) electrons. The molecule has 0 saturated carbocycles. The molecule has 0 aromatic heterocycles. The lowest BCUT2D eigenvalue weighted by atomic mass is 10.2. The normalized spacial score (nSPS) is 15.7. The minimum absolute atomic E-state index is 0.0178. The Morgan fingerprint density at radius 1 is 0.736 bits per heavy atom. The van der Waals surface area contributed by atoms with E-state index < -0.39 is 70.2 Å². The van der Waals surface area contributed by atoms with Crippen LogP contribution in [-0.2, 0) is 47.7 Å². The van der Waals surface area contributed by atoms with Gasteiger partial charge in [-0.05, 0) is 81.4 Å². The standard InChI is InChI=1S/C10H17FO2S2.C9H11FO3S.C8H13FO3.C8H14O2S2/c1-9(2,3)13-8(12)10(4-5-11)14-6-7-15-10;1-8-2-4-9(5-3-8)14(11,12)13-7-6-10;1-8(2,3)12-7(11)6(10)4-5-9;1-8(2,3)10-6(9)7-11-4-5-12-7/h4-7H2,1-3H3;2-5H,6-7H2,1H3;4-5H2,1-3H3;7H,4-5H2,1-3H3. The number of Topliss-reactive ketones (excluding diaryl/α,β-unsaturated/α-hetero) is 1. The lowest BCUT2D eigenvalue weighted by Crippen LogP contribution is -2.37. The summed E-state index contributed by atoms with van der Waals surface area (Å²) < 4.78 is 77.4. The van der Waals surface area contributed by atoms with Gasteiger partial charge in [0.1, 0.15) is 28.1 Å². The van der Waals surface area contributed by atoms with E-state index in [0.717, 1.165) is 28.6 Å². The van der Waals surface area contributed by atoms with E-state index in [4.69, 9.17) is 14.2 Å². The van der Waals surface area contributed by atoms with Crippen LogP contribution in [0.15, 0.2) is 29.2 Å². The van der Waals surface area contributed by atoms with Gasteiger partial charge in [0, 0.05) is 35.9 Å². The molecule has 0 unspecified atom stereocenters. The van der Waals surface area contributed by atoms with Crippen molar-refractivity contribution in [3.05, 3.63) is 29.8 Å². The van der Waals surface area contributed by atoms with Crippen LogP contribution in [0, 0.1) is 6.92 Å². The number of hydrogen-bond acceptors (Lipinski definition) is 14. The highest BCUT2D eigenvalue weighted by atomic mass is 32.2. The number of carbonyl (C=O) groups is 4. The Balaban J connectivity index is 0.000000684. The fourth-order valence-electron chi connectivity index (χ4n) is 3.58. The number of ether oxygens (including phenoxy) is 3. The summed E-state index contributed by atoms with van der Waals surface area (Å²) in [7, 11) is -3.78. The molecule has 0 N–H and O–H groups in total. The lowest BCUT2D eigenvalue weighted by molar-refractivity contribution is -0.162. The monoisotopic (exact) mass is 852 g/mol. The molecule has 0 aliphatic carbocycles. The van der Waals surface area contributed by atoms with Gasteiger partial charge in [-0.3, -0.25) is 17.8 Å². The second kappa shape index (κ2) is 24.1. The van der Waals surface area contributed by atoms with Gasteiger partial charge in [0.2, 0.25) is 5.78 Å². The van der Waals surface area contributed by atoms with Crippen molar-refractivity contribution in [2.24, 2.45) is 0 Å². The van der Waals surface area contributed by atoms with E-state index in [1.165, 1.54) is 35.7 Å². The first-order valence-corrected chi connectivity index (χ1v) is 22.2. The zero-order chi connectivity index (χ0) is 41.1. The Morgan fingerprint density at radius 3 is 1.64 bits per heavy atom.